The fourth-order valence-corrected chi connectivity index (χ4v) is 1.84. The Morgan fingerprint density at radius 2 is 2.06 bits per heavy atom. The lowest BCUT2D eigenvalue weighted by Crippen LogP contribution is -2.12. The van der Waals surface area contributed by atoms with Gasteiger partial charge in [0.15, 0.2) is 0 Å². The second-order valence-corrected chi connectivity index (χ2v) is 5.42. The maximum Gasteiger partial charge on any atom is 0.310 e. The Balaban J connectivity index is 3.06. The summed E-state index contributed by atoms with van der Waals surface area (Å²) in [5.74, 6) is -2.89. The Kier molecular flexibility index (Phi) is 3.72. The second-order valence-electron chi connectivity index (χ2n) is 3.67. The van der Waals surface area contributed by atoms with Crippen molar-refractivity contribution in [2.24, 2.45) is 0 Å². The van der Waals surface area contributed by atoms with E-state index >= 15 is 0 Å². The summed E-state index contributed by atoms with van der Waals surface area (Å²) < 4.78 is 37.5. The zero-order chi connectivity index (χ0) is 13.2. The number of carboxylic acid groups (broad SMARTS) is 1. The molecule has 7 heteroatoms. The summed E-state index contributed by atoms with van der Waals surface area (Å²) in [6.07, 6.45) is 0.943. The number of anilines is 1. The van der Waals surface area contributed by atoms with Crippen LogP contribution in [-0.4, -0.2) is 25.7 Å². The van der Waals surface area contributed by atoms with E-state index in [4.69, 9.17) is 5.11 Å². The van der Waals surface area contributed by atoms with Crippen molar-refractivity contribution in [3.8, 4) is 0 Å². The molecule has 2 N–H and O–H groups in total. The predicted molar refractivity (Wildman–Crippen MR) is 60.9 cm³/mol. The number of sulfonamides is 1. The highest BCUT2D eigenvalue weighted by atomic mass is 32.2. The van der Waals surface area contributed by atoms with E-state index in [0.29, 0.717) is 0 Å². The maximum atomic E-state index is 13.5. The van der Waals surface area contributed by atoms with E-state index in [1.165, 1.54) is 19.1 Å². The first-order valence-corrected chi connectivity index (χ1v) is 6.60. The van der Waals surface area contributed by atoms with Crippen molar-refractivity contribution in [1.82, 2.24) is 0 Å². The summed E-state index contributed by atoms with van der Waals surface area (Å²) in [6, 6.07) is 3.52. The molecule has 1 aromatic carbocycles. The fraction of sp³-hybridized carbons (Fsp3) is 0.300. The topological polar surface area (TPSA) is 83.5 Å². The lowest BCUT2D eigenvalue weighted by atomic mass is 10.0. The Morgan fingerprint density at radius 3 is 2.47 bits per heavy atom. The number of carboxylic acids is 1. The van der Waals surface area contributed by atoms with Crippen molar-refractivity contribution in [3.05, 3.63) is 29.6 Å². The van der Waals surface area contributed by atoms with Crippen molar-refractivity contribution < 1.29 is 22.7 Å². The normalized spacial score (nSPS) is 13.1. The molecule has 0 fully saturated rings. The van der Waals surface area contributed by atoms with Crippen molar-refractivity contribution in [2.45, 2.75) is 12.8 Å². The average molecular weight is 261 g/mol. The molecule has 17 heavy (non-hydrogen) atoms. The maximum absolute atomic E-state index is 13.5. The summed E-state index contributed by atoms with van der Waals surface area (Å²) in [7, 11) is -3.48. The van der Waals surface area contributed by atoms with Crippen LogP contribution in [0.2, 0.25) is 0 Å². The summed E-state index contributed by atoms with van der Waals surface area (Å²) >= 11 is 0. The first-order chi connectivity index (χ1) is 7.70. The summed E-state index contributed by atoms with van der Waals surface area (Å²) in [6.45, 7) is 1.35. The highest BCUT2D eigenvalue weighted by Gasteiger charge is 2.18. The van der Waals surface area contributed by atoms with Gasteiger partial charge < -0.3 is 5.11 Å². The molecule has 5 nitrogen and oxygen atoms in total. The SMILES string of the molecule is CC(C(=O)O)c1ccc(NS(C)(=O)=O)cc1F. The summed E-state index contributed by atoms with van der Waals surface area (Å²) in [4.78, 5) is 10.7. The van der Waals surface area contributed by atoms with E-state index in [2.05, 4.69) is 4.72 Å². The molecule has 0 aliphatic rings. The van der Waals surface area contributed by atoms with Gasteiger partial charge in [-0.15, -0.1) is 0 Å². The standard InChI is InChI=1S/C10H12FNO4S/c1-6(10(13)14)8-4-3-7(5-9(8)11)12-17(2,15)16/h3-6,12H,1-2H3,(H,13,14). The van der Waals surface area contributed by atoms with Gasteiger partial charge in [-0.05, 0) is 19.1 Å². The lowest BCUT2D eigenvalue weighted by Gasteiger charge is -2.10. The Hall–Kier alpha value is -1.63. The second kappa shape index (κ2) is 4.70. The molecule has 94 valence electrons. The van der Waals surface area contributed by atoms with E-state index < -0.39 is 27.7 Å². The number of nitrogens with one attached hydrogen (secondary N) is 1. The molecule has 0 bridgehead atoms. The summed E-state index contributed by atoms with van der Waals surface area (Å²) in [5, 5.41) is 8.74. The molecule has 0 heterocycles. The molecule has 1 rings (SSSR count). The van der Waals surface area contributed by atoms with E-state index in [-0.39, 0.29) is 11.3 Å². The van der Waals surface area contributed by atoms with Gasteiger partial charge in [-0.2, -0.15) is 0 Å². The molecular weight excluding hydrogens is 249 g/mol. The van der Waals surface area contributed by atoms with Gasteiger partial charge >= 0.3 is 5.97 Å². The fourth-order valence-electron chi connectivity index (χ4n) is 1.29. The quantitative estimate of drug-likeness (QED) is 0.857. The van der Waals surface area contributed by atoms with Gasteiger partial charge in [0.1, 0.15) is 5.82 Å². The first kappa shape index (κ1) is 13.4. The zero-order valence-corrected chi connectivity index (χ0v) is 10.1. The van der Waals surface area contributed by atoms with E-state index in [9.17, 15) is 17.6 Å². The van der Waals surface area contributed by atoms with Crippen LogP contribution in [0.25, 0.3) is 0 Å². The number of halogens is 1. The molecule has 1 aromatic rings. The molecule has 0 aliphatic heterocycles. The number of hydrogen-bond acceptors (Lipinski definition) is 3. The molecule has 0 radical (unpaired) electrons. The minimum absolute atomic E-state index is 0.0107. The van der Waals surface area contributed by atoms with Gasteiger partial charge in [0.2, 0.25) is 10.0 Å². The van der Waals surface area contributed by atoms with Gasteiger partial charge in [-0.1, -0.05) is 6.07 Å². The monoisotopic (exact) mass is 261 g/mol. The molecule has 1 atom stereocenters. The van der Waals surface area contributed by atoms with Crippen LogP contribution in [-0.2, 0) is 14.8 Å². The number of benzene rings is 1. The highest BCUT2D eigenvalue weighted by Crippen LogP contribution is 2.22. The van der Waals surface area contributed by atoms with Crippen LogP contribution >= 0.6 is 0 Å². The van der Waals surface area contributed by atoms with Crippen molar-refractivity contribution in [2.75, 3.05) is 11.0 Å². The van der Waals surface area contributed by atoms with Gasteiger partial charge in [-0.25, -0.2) is 12.8 Å². The van der Waals surface area contributed by atoms with Crippen molar-refractivity contribution in [1.29, 1.82) is 0 Å². The highest BCUT2D eigenvalue weighted by molar-refractivity contribution is 7.92. The number of hydrogen-bond donors (Lipinski definition) is 2. The molecule has 0 saturated heterocycles. The van der Waals surface area contributed by atoms with Gasteiger partial charge in [0.25, 0.3) is 0 Å². The van der Waals surface area contributed by atoms with Crippen molar-refractivity contribution in [3.63, 3.8) is 0 Å². The van der Waals surface area contributed by atoms with Crippen LogP contribution in [0.15, 0.2) is 18.2 Å². The van der Waals surface area contributed by atoms with Crippen LogP contribution in [0, 0.1) is 5.82 Å². The van der Waals surface area contributed by atoms with Gasteiger partial charge in [0.05, 0.1) is 17.9 Å². The first-order valence-electron chi connectivity index (χ1n) is 4.71. The Morgan fingerprint density at radius 1 is 1.47 bits per heavy atom. The molecule has 0 aromatic heterocycles. The minimum atomic E-state index is -3.48. The van der Waals surface area contributed by atoms with Crippen LogP contribution in [0.5, 0.6) is 0 Å². The van der Waals surface area contributed by atoms with Crippen LogP contribution in [0.4, 0.5) is 10.1 Å². The van der Waals surface area contributed by atoms with Gasteiger partial charge in [0, 0.05) is 5.56 Å². The van der Waals surface area contributed by atoms with Crippen LogP contribution < -0.4 is 4.72 Å². The van der Waals surface area contributed by atoms with E-state index in [1.807, 2.05) is 0 Å². The molecule has 0 amide bonds. The number of aliphatic carboxylic acids is 1. The largest absolute Gasteiger partial charge is 0.481 e. The third-order valence-corrected chi connectivity index (χ3v) is 2.75. The van der Waals surface area contributed by atoms with Gasteiger partial charge in [-0.3, -0.25) is 9.52 Å². The molecule has 0 saturated carbocycles. The minimum Gasteiger partial charge on any atom is -0.481 e. The molecule has 0 spiro atoms. The number of rotatable bonds is 4. The predicted octanol–water partition coefficient (Wildman–Crippen LogP) is 1.39. The Labute approximate surface area is 98.3 Å². The zero-order valence-electron chi connectivity index (χ0n) is 9.27. The molecule has 0 aliphatic carbocycles. The van der Waals surface area contributed by atoms with E-state index in [1.54, 1.807) is 0 Å². The van der Waals surface area contributed by atoms with Crippen molar-refractivity contribution >= 4 is 21.7 Å². The van der Waals surface area contributed by atoms with Crippen LogP contribution in [0.3, 0.4) is 0 Å². The average Bonchev–Trinajstić information content (AvgIpc) is 2.14. The Bertz CT molecular complexity index is 541. The van der Waals surface area contributed by atoms with E-state index in [0.717, 1.165) is 12.3 Å². The lowest BCUT2D eigenvalue weighted by molar-refractivity contribution is -0.138. The summed E-state index contributed by atoms with van der Waals surface area (Å²) in [5.41, 5.74) is 0.0721. The third-order valence-electron chi connectivity index (χ3n) is 2.14. The smallest absolute Gasteiger partial charge is 0.310 e. The molecule has 1 unspecified atom stereocenters. The molecular formula is C10H12FNO4S. The third kappa shape index (κ3) is 3.70. The number of carbonyl (C=O) groups is 1. The van der Waals surface area contributed by atoms with Crippen LogP contribution in [0.1, 0.15) is 18.4 Å².